The van der Waals surface area contributed by atoms with E-state index in [0.29, 0.717) is 21.8 Å². The van der Waals surface area contributed by atoms with Crippen LogP contribution in [0.4, 0.5) is 8.78 Å². The molecule has 0 aliphatic rings. The van der Waals surface area contributed by atoms with Crippen molar-refractivity contribution in [1.82, 2.24) is 19.8 Å². The molecule has 2 aromatic carbocycles. The molecule has 1 aromatic heterocycles. The van der Waals surface area contributed by atoms with Crippen molar-refractivity contribution in [3.05, 3.63) is 82.9 Å². The summed E-state index contributed by atoms with van der Waals surface area (Å²) in [7, 11) is 1.23. The predicted molar refractivity (Wildman–Crippen MR) is 104 cm³/mol. The number of aryl methyl sites for hydroxylation is 1. The highest BCUT2D eigenvalue weighted by Crippen LogP contribution is 2.40. The Morgan fingerprint density at radius 3 is 2.57 bits per heavy atom. The van der Waals surface area contributed by atoms with Crippen molar-refractivity contribution in [3.63, 3.8) is 0 Å². The maximum absolute atomic E-state index is 14.7. The van der Waals surface area contributed by atoms with Gasteiger partial charge in [-0.15, -0.1) is 0 Å². The molecule has 3 rings (SSSR count). The van der Waals surface area contributed by atoms with Crippen molar-refractivity contribution >= 4 is 5.91 Å². The number of hydrogen-bond donors (Lipinski definition) is 2. The molecule has 0 aliphatic heterocycles. The van der Waals surface area contributed by atoms with Crippen molar-refractivity contribution in [1.29, 1.82) is 0 Å². The monoisotopic (exact) mass is 416 g/mol. The molecule has 9 heteroatoms. The van der Waals surface area contributed by atoms with Gasteiger partial charge in [0, 0.05) is 30.2 Å². The summed E-state index contributed by atoms with van der Waals surface area (Å²) < 4.78 is 29.5. The minimum Gasteiger partial charge on any atom is -0.382 e. The lowest BCUT2D eigenvalue weighted by atomic mass is 9.77. The zero-order chi connectivity index (χ0) is 22.1. The smallest absolute Gasteiger partial charge is 0.277 e. The van der Waals surface area contributed by atoms with E-state index >= 15 is 0 Å². The maximum atomic E-state index is 14.7. The third-order valence-corrected chi connectivity index (χ3v) is 5.26. The average molecular weight is 416 g/mol. The Bertz CT molecular complexity index is 1060. The van der Waals surface area contributed by atoms with Gasteiger partial charge in [0.1, 0.15) is 29.9 Å². The summed E-state index contributed by atoms with van der Waals surface area (Å²) >= 11 is 0. The Balaban J connectivity index is 2.07. The van der Waals surface area contributed by atoms with Crippen LogP contribution in [0.25, 0.3) is 0 Å². The number of hydrogen-bond acceptors (Lipinski definition) is 5. The SMILES string of the molecule is Cc1cc(C(C)C(O)(Cn2cncn2)c2ccc(F)cc2F)ccc1C(=O)N(C)O. The normalized spacial score (nSPS) is 14.2. The van der Waals surface area contributed by atoms with Gasteiger partial charge < -0.3 is 5.11 Å². The summed E-state index contributed by atoms with van der Waals surface area (Å²) in [6, 6.07) is 7.87. The lowest BCUT2D eigenvalue weighted by Gasteiger charge is -2.35. The first-order valence-corrected chi connectivity index (χ1v) is 9.21. The lowest BCUT2D eigenvalue weighted by molar-refractivity contribution is -0.0375. The van der Waals surface area contributed by atoms with Crippen molar-refractivity contribution in [2.24, 2.45) is 0 Å². The molecule has 7 nitrogen and oxygen atoms in total. The average Bonchev–Trinajstić information content (AvgIpc) is 3.19. The molecule has 0 radical (unpaired) electrons. The van der Waals surface area contributed by atoms with Crippen LogP contribution in [-0.2, 0) is 12.1 Å². The van der Waals surface area contributed by atoms with Crippen LogP contribution in [0.3, 0.4) is 0 Å². The number of benzene rings is 2. The quantitative estimate of drug-likeness (QED) is 0.476. The van der Waals surface area contributed by atoms with Crippen LogP contribution in [0.2, 0.25) is 0 Å². The van der Waals surface area contributed by atoms with E-state index < -0.39 is 29.1 Å². The van der Waals surface area contributed by atoms with Gasteiger partial charge in [-0.1, -0.05) is 25.1 Å². The molecule has 0 saturated carbocycles. The van der Waals surface area contributed by atoms with E-state index in [1.54, 1.807) is 26.0 Å². The van der Waals surface area contributed by atoms with Crippen LogP contribution in [-0.4, -0.2) is 43.1 Å². The Morgan fingerprint density at radius 1 is 1.27 bits per heavy atom. The van der Waals surface area contributed by atoms with E-state index in [-0.39, 0.29) is 12.1 Å². The van der Waals surface area contributed by atoms with E-state index in [1.165, 1.54) is 36.5 Å². The first-order chi connectivity index (χ1) is 14.1. The van der Waals surface area contributed by atoms with Crippen molar-refractivity contribution in [2.75, 3.05) is 7.05 Å². The van der Waals surface area contributed by atoms with Gasteiger partial charge in [-0.3, -0.25) is 10.0 Å². The Hall–Kier alpha value is -3.17. The van der Waals surface area contributed by atoms with Gasteiger partial charge in [-0.05, 0) is 30.2 Å². The van der Waals surface area contributed by atoms with Crippen LogP contribution >= 0.6 is 0 Å². The van der Waals surface area contributed by atoms with Gasteiger partial charge in [0.25, 0.3) is 5.91 Å². The molecule has 2 unspecified atom stereocenters. The summed E-state index contributed by atoms with van der Waals surface area (Å²) in [6.07, 6.45) is 2.69. The number of amides is 1. The summed E-state index contributed by atoms with van der Waals surface area (Å²) in [6.45, 7) is 3.27. The van der Waals surface area contributed by atoms with Gasteiger partial charge in [-0.2, -0.15) is 5.10 Å². The Kier molecular flexibility index (Phi) is 5.95. The summed E-state index contributed by atoms with van der Waals surface area (Å²) in [5.74, 6) is -2.88. The second-order valence-electron chi connectivity index (χ2n) is 7.27. The summed E-state index contributed by atoms with van der Waals surface area (Å²) in [5.41, 5.74) is -0.385. The Labute approximate surface area is 172 Å². The molecule has 3 aromatic rings. The third-order valence-electron chi connectivity index (χ3n) is 5.26. The fourth-order valence-electron chi connectivity index (χ4n) is 3.50. The van der Waals surface area contributed by atoms with Crippen molar-refractivity contribution in [2.45, 2.75) is 31.9 Å². The van der Waals surface area contributed by atoms with Crippen LogP contribution in [0.5, 0.6) is 0 Å². The summed E-state index contributed by atoms with van der Waals surface area (Å²) in [5, 5.41) is 25.5. The minimum atomic E-state index is -1.79. The van der Waals surface area contributed by atoms with Crippen molar-refractivity contribution < 1.29 is 23.9 Å². The molecule has 0 aliphatic carbocycles. The molecule has 0 bridgehead atoms. The van der Waals surface area contributed by atoms with Gasteiger partial charge in [0.05, 0.1) is 6.54 Å². The number of hydroxylamine groups is 2. The third kappa shape index (κ3) is 4.07. The minimum absolute atomic E-state index is 0.0835. The van der Waals surface area contributed by atoms with Crippen LogP contribution in [0.15, 0.2) is 49.1 Å². The van der Waals surface area contributed by atoms with Gasteiger partial charge in [0.2, 0.25) is 0 Å². The zero-order valence-electron chi connectivity index (χ0n) is 16.8. The molecule has 0 saturated heterocycles. The number of aliphatic hydroxyl groups is 1. The molecule has 1 heterocycles. The molecule has 2 atom stereocenters. The number of carbonyl (C=O) groups is 1. The summed E-state index contributed by atoms with van der Waals surface area (Å²) in [4.78, 5) is 15.9. The van der Waals surface area contributed by atoms with Crippen LogP contribution in [0, 0.1) is 18.6 Å². The number of halogens is 2. The first-order valence-electron chi connectivity index (χ1n) is 9.21. The fourth-order valence-corrected chi connectivity index (χ4v) is 3.50. The molecule has 2 N–H and O–H groups in total. The van der Waals surface area contributed by atoms with Crippen LogP contribution < -0.4 is 0 Å². The number of rotatable bonds is 6. The van der Waals surface area contributed by atoms with E-state index in [2.05, 4.69) is 10.1 Å². The molecule has 0 fully saturated rings. The van der Waals surface area contributed by atoms with E-state index in [9.17, 15) is 23.9 Å². The number of aromatic nitrogens is 3. The zero-order valence-corrected chi connectivity index (χ0v) is 16.8. The highest BCUT2D eigenvalue weighted by Gasteiger charge is 2.40. The lowest BCUT2D eigenvalue weighted by Crippen LogP contribution is -2.38. The van der Waals surface area contributed by atoms with E-state index in [0.717, 1.165) is 12.1 Å². The van der Waals surface area contributed by atoms with E-state index in [4.69, 9.17) is 0 Å². The number of nitrogens with zero attached hydrogens (tertiary/aromatic N) is 4. The highest BCUT2D eigenvalue weighted by atomic mass is 19.1. The fraction of sp³-hybridized carbons (Fsp3) is 0.286. The Morgan fingerprint density at radius 2 is 2.00 bits per heavy atom. The van der Waals surface area contributed by atoms with E-state index in [1.807, 2.05) is 0 Å². The van der Waals surface area contributed by atoms with Gasteiger partial charge >= 0.3 is 0 Å². The first kappa shape index (κ1) is 21.5. The molecular formula is C21H22F2N4O3. The molecule has 30 heavy (non-hydrogen) atoms. The van der Waals surface area contributed by atoms with Gasteiger partial charge in [0.15, 0.2) is 0 Å². The topological polar surface area (TPSA) is 91.5 Å². The molecule has 158 valence electrons. The predicted octanol–water partition coefficient (Wildman–Crippen LogP) is 3.02. The second kappa shape index (κ2) is 8.29. The second-order valence-corrected chi connectivity index (χ2v) is 7.27. The highest BCUT2D eigenvalue weighted by molar-refractivity contribution is 5.94. The standard InChI is InChI=1S/C21H22F2N4O3/c1-13-8-15(4-6-17(13)20(28)26(3)30)14(2)21(29,10-27-12-24-11-25-27)18-7-5-16(22)9-19(18)23/h4-9,11-12,14,29-30H,10H2,1-3H3. The number of carbonyl (C=O) groups excluding carboxylic acids is 1. The maximum Gasteiger partial charge on any atom is 0.277 e. The molecular weight excluding hydrogens is 394 g/mol. The van der Waals surface area contributed by atoms with Gasteiger partial charge in [-0.25, -0.2) is 23.5 Å². The molecule has 0 spiro atoms. The molecule has 1 amide bonds. The largest absolute Gasteiger partial charge is 0.382 e. The van der Waals surface area contributed by atoms with Crippen LogP contribution in [0.1, 0.15) is 39.9 Å². The van der Waals surface area contributed by atoms with Crippen molar-refractivity contribution in [3.8, 4) is 0 Å².